The highest BCUT2D eigenvalue weighted by molar-refractivity contribution is 5.84. The minimum absolute atomic E-state index is 0.224. The number of phenols is 1. The molecule has 0 bridgehead atoms. The maximum Gasteiger partial charge on any atom is 0.142 e. The van der Waals surface area contributed by atoms with Crippen LogP contribution in [0.3, 0.4) is 0 Å². The average molecular weight is 300 g/mol. The number of phenolic OH excluding ortho intramolecular Hbond substituents is 1. The number of H-pyrrole nitrogens is 1. The summed E-state index contributed by atoms with van der Waals surface area (Å²) in [5, 5.41) is 10.3. The molecule has 3 heteroatoms. The van der Waals surface area contributed by atoms with Crippen LogP contribution in [0.2, 0.25) is 0 Å². The lowest BCUT2D eigenvalue weighted by molar-refractivity contribution is 0.477. The molecule has 0 spiro atoms. The largest absolute Gasteiger partial charge is 0.507 e. The Morgan fingerprint density at radius 3 is 2.48 bits per heavy atom. The van der Waals surface area contributed by atoms with Crippen molar-refractivity contribution in [2.45, 2.75) is 6.92 Å². The number of nitrogens with zero attached hydrogens (tertiary/aromatic N) is 1. The minimum Gasteiger partial charge on any atom is -0.507 e. The van der Waals surface area contributed by atoms with Gasteiger partial charge in [0, 0.05) is 0 Å². The van der Waals surface area contributed by atoms with Crippen LogP contribution in [-0.2, 0) is 0 Å². The molecular weight excluding hydrogens is 284 g/mol. The van der Waals surface area contributed by atoms with Crippen molar-refractivity contribution in [1.82, 2.24) is 9.97 Å². The van der Waals surface area contributed by atoms with Gasteiger partial charge in [-0.25, -0.2) is 4.98 Å². The molecule has 1 aromatic heterocycles. The van der Waals surface area contributed by atoms with E-state index in [0.717, 1.165) is 27.7 Å². The van der Waals surface area contributed by atoms with Crippen LogP contribution in [0.4, 0.5) is 0 Å². The van der Waals surface area contributed by atoms with E-state index in [1.807, 2.05) is 55.5 Å². The zero-order valence-electron chi connectivity index (χ0n) is 12.7. The van der Waals surface area contributed by atoms with Crippen molar-refractivity contribution in [3.05, 3.63) is 72.3 Å². The third-order valence-corrected chi connectivity index (χ3v) is 4.07. The zero-order chi connectivity index (χ0) is 15.8. The SMILES string of the molecule is Cc1cccc2[nH]c(-c3cc(-c4ccccc4)ccc3O)nc12. The first-order valence-electron chi connectivity index (χ1n) is 7.56. The number of aryl methyl sites for hydroxylation is 1. The molecule has 3 aromatic carbocycles. The number of hydrogen-bond donors (Lipinski definition) is 2. The van der Waals surface area contributed by atoms with Gasteiger partial charge in [-0.2, -0.15) is 0 Å². The van der Waals surface area contributed by atoms with E-state index in [4.69, 9.17) is 0 Å². The molecule has 0 saturated carbocycles. The molecule has 23 heavy (non-hydrogen) atoms. The van der Waals surface area contributed by atoms with E-state index in [2.05, 4.69) is 22.1 Å². The van der Waals surface area contributed by atoms with Gasteiger partial charge < -0.3 is 10.1 Å². The van der Waals surface area contributed by atoms with E-state index >= 15 is 0 Å². The molecule has 0 unspecified atom stereocenters. The predicted octanol–water partition coefficient (Wildman–Crippen LogP) is 4.91. The smallest absolute Gasteiger partial charge is 0.142 e. The molecule has 0 amide bonds. The number of fused-ring (bicyclic) bond motifs is 1. The van der Waals surface area contributed by atoms with Gasteiger partial charge in [-0.1, -0.05) is 48.5 Å². The number of rotatable bonds is 2. The van der Waals surface area contributed by atoms with Gasteiger partial charge in [0.05, 0.1) is 16.6 Å². The van der Waals surface area contributed by atoms with Crippen LogP contribution in [0.15, 0.2) is 66.7 Å². The Kier molecular flexibility index (Phi) is 3.12. The topological polar surface area (TPSA) is 48.9 Å². The molecule has 4 rings (SSSR count). The Hall–Kier alpha value is -3.07. The van der Waals surface area contributed by atoms with E-state index in [-0.39, 0.29) is 5.75 Å². The van der Waals surface area contributed by atoms with Crippen LogP contribution in [-0.4, -0.2) is 15.1 Å². The van der Waals surface area contributed by atoms with Crippen molar-refractivity contribution in [3.63, 3.8) is 0 Å². The molecule has 0 fully saturated rings. The van der Waals surface area contributed by atoms with Crippen LogP contribution in [0.25, 0.3) is 33.5 Å². The second kappa shape index (κ2) is 5.29. The standard InChI is InChI=1S/C20H16N2O/c1-13-6-5-9-17-19(13)22-20(21-17)16-12-15(10-11-18(16)23)14-7-3-2-4-8-14/h2-12,23H,1H3,(H,21,22). The van der Waals surface area contributed by atoms with Crippen molar-refractivity contribution >= 4 is 11.0 Å². The first-order chi connectivity index (χ1) is 11.2. The average Bonchev–Trinajstić information content (AvgIpc) is 3.01. The fourth-order valence-electron chi connectivity index (χ4n) is 2.84. The molecule has 1 heterocycles. The summed E-state index contributed by atoms with van der Waals surface area (Å²) >= 11 is 0. The molecule has 112 valence electrons. The van der Waals surface area contributed by atoms with Crippen LogP contribution in [0.1, 0.15) is 5.56 Å². The number of nitrogens with one attached hydrogen (secondary N) is 1. The number of aromatic amines is 1. The van der Waals surface area contributed by atoms with Crippen molar-refractivity contribution in [3.8, 4) is 28.3 Å². The number of imidazole rings is 1. The number of hydrogen-bond acceptors (Lipinski definition) is 2. The molecule has 4 aromatic rings. The van der Waals surface area contributed by atoms with E-state index in [1.54, 1.807) is 6.07 Å². The lowest BCUT2D eigenvalue weighted by atomic mass is 10.0. The molecule has 0 atom stereocenters. The predicted molar refractivity (Wildman–Crippen MR) is 93.4 cm³/mol. The lowest BCUT2D eigenvalue weighted by Crippen LogP contribution is -1.84. The van der Waals surface area contributed by atoms with Gasteiger partial charge >= 0.3 is 0 Å². The second-order valence-corrected chi connectivity index (χ2v) is 5.65. The normalized spacial score (nSPS) is 11.0. The number of aromatic hydroxyl groups is 1. The van der Waals surface area contributed by atoms with Gasteiger partial charge in [0.2, 0.25) is 0 Å². The Balaban J connectivity index is 1.88. The van der Waals surface area contributed by atoms with Crippen LogP contribution in [0, 0.1) is 6.92 Å². The fourth-order valence-corrected chi connectivity index (χ4v) is 2.84. The molecular formula is C20H16N2O. The summed E-state index contributed by atoms with van der Waals surface area (Å²) in [5.41, 5.74) is 5.90. The number of aromatic nitrogens is 2. The number of para-hydroxylation sites is 1. The van der Waals surface area contributed by atoms with Crippen molar-refractivity contribution in [1.29, 1.82) is 0 Å². The summed E-state index contributed by atoms with van der Waals surface area (Å²) in [4.78, 5) is 7.96. The van der Waals surface area contributed by atoms with E-state index in [0.29, 0.717) is 11.4 Å². The summed E-state index contributed by atoms with van der Waals surface area (Å²) in [6.07, 6.45) is 0. The Bertz CT molecular complexity index is 987. The van der Waals surface area contributed by atoms with Gasteiger partial charge in [0.1, 0.15) is 11.6 Å². The Morgan fingerprint density at radius 1 is 0.870 bits per heavy atom. The molecule has 0 aliphatic rings. The van der Waals surface area contributed by atoms with Gasteiger partial charge in [0.15, 0.2) is 0 Å². The number of benzene rings is 3. The highest BCUT2D eigenvalue weighted by atomic mass is 16.3. The van der Waals surface area contributed by atoms with Crippen molar-refractivity contribution in [2.24, 2.45) is 0 Å². The fraction of sp³-hybridized carbons (Fsp3) is 0.0500. The van der Waals surface area contributed by atoms with Crippen LogP contribution < -0.4 is 0 Å². The summed E-state index contributed by atoms with van der Waals surface area (Å²) in [6.45, 7) is 2.03. The van der Waals surface area contributed by atoms with Gasteiger partial charge in [0.25, 0.3) is 0 Å². The van der Waals surface area contributed by atoms with E-state index in [9.17, 15) is 5.11 Å². The highest BCUT2D eigenvalue weighted by Crippen LogP contribution is 2.33. The first kappa shape index (κ1) is 13.6. The highest BCUT2D eigenvalue weighted by Gasteiger charge is 2.12. The van der Waals surface area contributed by atoms with Gasteiger partial charge in [-0.05, 0) is 41.8 Å². The minimum atomic E-state index is 0.224. The first-order valence-corrected chi connectivity index (χ1v) is 7.56. The third kappa shape index (κ3) is 2.36. The van der Waals surface area contributed by atoms with Crippen LogP contribution in [0.5, 0.6) is 5.75 Å². The maximum absolute atomic E-state index is 10.3. The van der Waals surface area contributed by atoms with Gasteiger partial charge in [-0.15, -0.1) is 0 Å². The summed E-state index contributed by atoms with van der Waals surface area (Å²) in [5.74, 6) is 0.908. The van der Waals surface area contributed by atoms with Gasteiger partial charge in [-0.3, -0.25) is 0 Å². The summed E-state index contributed by atoms with van der Waals surface area (Å²) < 4.78 is 0. The zero-order valence-corrected chi connectivity index (χ0v) is 12.7. The second-order valence-electron chi connectivity index (χ2n) is 5.65. The monoisotopic (exact) mass is 300 g/mol. The lowest BCUT2D eigenvalue weighted by Gasteiger charge is -2.06. The van der Waals surface area contributed by atoms with Crippen molar-refractivity contribution < 1.29 is 5.11 Å². The Labute approximate surface area is 134 Å². The molecule has 0 saturated heterocycles. The maximum atomic E-state index is 10.3. The molecule has 0 aliphatic heterocycles. The van der Waals surface area contributed by atoms with E-state index in [1.165, 1.54) is 0 Å². The molecule has 3 nitrogen and oxygen atoms in total. The van der Waals surface area contributed by atoms with Crippen molar-refractivity contribution in [2.75, 3.05) is 0 Å². The Morgan fingerprint density at radius 2 is 1.70 bits per heavy atom. The summed E-state index contributed by atoms with van der Waals surface area (Å²) in [7, 11) is 0. The molecule has 2 N–H and O–H groups in total. The third-order valence-electron chi connectivity index (χ3n) is 4.07. The van der Waals surface area contributed by atoms with E-state index < -0.39 is 0 Å². The quantitative estimate of drug-likeness (QED) is 0.552. The summed E-state index contributed by atoms with van der Waals surface area (Å²) in [6, 6.07) is 21.8. The van der Waals surface area contributed by atoms with Crippen LogP contribution >= 0.6 is 0 Å². The molecule has 0 radical (unpaired) electrons. The molecule has 0 aliphatic carbocycles.